The number of carboxylic acid groups (broad SMARTS) is 1. The van der Waals surface area contributed by atoms with Gasteiger partial charge in [-0.25, -0.2) is 4.79 Å². The molecule has 2 amide bonds. The van der Waals surface area contributed by atoms with Gasteiger partial charge in [0.25, 0.3) is 5.91 Å². The number of nitrogens with one attached hydrogen (secondary N) is 2. The summed E-state index contributed by atoms with van der Waals surface area (Å²) in [5.41, 5.74) is 0.534. The highest BCUT2D eigenvalue weighted by Crippen LogP contribution is 2.04. The van der Waals surface area contributed by atoms with Crippen LogP contribution in [0.1, 0.15) is 16.8 Å². The Morgan fingerprint density at radius 2 is 2.05 bits per heavy atom. The Hall–Kier alpha value is -1.93. The normalized spacial score (nSPS) is 11.6. The largest absolute Gasteiger partial charge is 0.479 e. The summed E-state index contributed by atoms with van der Waals surface area (Å²) in [5.74, 6) is -2.10. The van der Waals surface area contributed by atoms with Gasteiger partial charge in [0.05, 0.1) is 6.54 Å². The molecule has 0 saturated heterocycles. The molecule has 1 rings (SSSR count). The molecule has 0 aliphatic heterocycles. The number of thiophene rings is 1. The molecule has 8 heteroatoms. The van der Waals surface area contributed by atoms with E-state index >= 15 is 0 Å². The Kier molecular flexibility index (Phi) is 5.97. The lowest BCUT2D eigenvalue weighted by atomic mass is 10.3. The van der Waals surface area contributed by atoms with Crippen LogP contribution in [-0.2, 0) is 9.59 Å². The topological polar surface area (TPSA) is 116 Å². The molecule has 1 aromatic heterocycles. The molecule has 4 N–H and O–H groups in total. The maximum atomic E-state index is 11.5. The fraction of sp³-hybridized carbons (Fsp3) is 0.364. The van der Waals surface area contributed by atoms with Crippen molar-refractivity contribution in [2.24, 2.45) is 0 Å². The van der Waals surface area contributed by atoms with E-state index < -0.39 is 18.0 Å². The number of carboxylic acids is 1. The first-order valence-corrected chi connectivity index (χ1v) is 6.43. The number of hydrogen-bond donors (Lipinski definition) is 4. The number of carbonyl (C=O) groups is 3. The summed E-state index contributed by atoms with van der Waals surface area (Å²) in [6.45, 7) is -0.212. The Bertz CT molecular complexity index is 446. The number of rotatable bonds is 7. The summed E-state index contributed by atoms with van der Waals surface area (Å²) < 4.78 is 0. The molecule has 1 heterocycles. The Balaban J connectivity index is 2.17. The van der Waals surface area contributed by atoms with Crippen LogP contribution in [0.5, 0.6) is 0 Å². The van der Waals surface area contributed by atoms with Gasteiger partial charge < -0.3 is 20.8 Å². The molecule has 1 unspecified atom stereocenters. The molecule has 0 spiro atoms. The van der Waals surface area contributed by atoms with Crippen molar-refractivity contribution >= 4 is 29.1 Å². The van der Waals surface area contributed by atoms with Crippen molar-refractivity contribution in [1.82, 2.24) is 10.6 Å². The summed E-state index contributed by atoms with van der Waals surface area (Å²) in [5, 5.41) is 25.6. The molecule has 0 bridgehead atoms. The summed E-state index contributed by atoms with van der Waals surface area (Å²) in [6, 6.07) is 1.67. The first-order valence-electron chi connectivity index (χ1n) is 5.48. The molecule has 0 aromatic carbocycles. The number of carbonyl (C=O) groups excluding carboxylic acids is 2. The van der Waals surface area contributed by atoms with Crippen molar-refractivity contribution in [2.45, 2.75) is 12.5 Å². The highest BCUT2D eigenvalue weighted by atomic mass is 32.1. The van der Waals surface area contributed by atoms with E-state index in [4.69, 9.17) is 10.2 Å². The van der Waals surface area contributed by atoms with Gasteiger partial charge in [0.2, 0.25) is 5.91 Å². The van der Waals surface area contributed by atoms with Crippen LogP contribution < -0.4 is 10.6 Å². The Morgan fingerprint density at radius 1 is 1.32 bits per heavy atom. The number of amides is 2. The van der Waals surface area contributed by atoms with Crippen LogP contribution >= 0.6 is 11.3 Å². The smallest absolute Gasteiger partial charge is 0.334 e. The molecule has 19 heavy (non-hydrogen) atoms. The van der Waals surface area contributed by atoms with Crippen molar-refractivity contribution in [3.63, 3.8) is 0 Å². The quantitative estimate of drug-likeness (QED) is 0.536. The van der Waals surface area contributed by atoms with Gasteiger partial charge in [0.1, 0.15) is 0 Å². The van der Waals surface area contributed by atoms with Crippen LogP contribution in [0.2, 0.25) is 0 Å². The molecule has 7 nitrogen and oxygen atoms in total. The van der Waals surface area contributed by atoms with Gasteiger partial charge in [0.15, 0.2) is 6.10 Å². The third kappa shape index (κ3) is 5.49. The van der Waals surface area contributed by atoms with Gasteiger partial charge in [-0.2, -0.15) is 11.3 Å². The average Bonchev–Trinajstić information content (AvgIpc) is 2.89. The summed E-state index contributed by atoms with van der Waals surface area (Å²) in [7, 11) is 0. The van der Waals surface area contributed by atoms with E-state index in [9.17, 15) is 14.4 Å². The van der Waals surface area contributed by atoms with E-state index in [2.05, 4.69) is 10.6 Å². The predicted molar refractivity (Wildman–Crippen MR) is 67.9 cm³/mol. The van der Waals surface area contributed by atoms with Gasteiger partial charge in [-0.15, -0.1) is 0 Å². The van der Waals surface area contributed by atoms with E-state index in [-0.39, 0.29) is 25.4 Å². The minimum atomic E-state index is -1.62. The van der Waals surface area contributed by atoms with Crippen molar-refractivity contribution in [1.29, 1.82) is 0 Å². The molecule has 1 atom stereocenters. The Labute approximate surface area is 113 Å². The van der Waals surface area contributed by atoms with E-state index in [1.807, 2.05) is 0 Å². The van der Waals surface area contributed by atoms with E-state index in [1.165, 1.54) is 11.3 Å². The maximum absolute atomic E-state index is 11.5. The molecular formula is C11H14N2O5S. The predicted octanol–water partition coefficient (Wildman–Crippen LogP) is -0.570. The van der Waals surface area contributed by atoms with Crippen LogP contribution in [0.25, 0.3) is 0 Å². The second kappa shape index (κ2) is 7.49. The zero-order valence-electron chi connectivity index (χ0n) is 9.96. The third-order valence-electron chi connectivity index (χ3n) is 2.20. The van der Waals surface area contributed by atoms with E-state index in [0.717, 1.165) is 0 Å². The molecule has 0 fully saturated rings. The number of hydrogen-bond acceptors (Lipinski definition) is 5. The van der Waals surface area contributed by atoms with Crippen molar-refractivity contribution in [3.8, 4) is 0 Å². The average molecular weight is 286 g/mol. The van der Waals surface area contributed by atoms with E-state index in [1.54, 1.807) is 16.8 Å². The molecule has 0 aliphatic carbocycles. The third-order valence-corrected chi connectivity index (χ3v) is 2.88. The maximum Gasteiger partial charge on any atom is 0.334 e. The summed E-state index contributed by atoms with van der Waals surface area (Å²) >= 11 is 1.40. The lowest BCUT2D eigenvalue weighted by Gasteiger charge is -2.08. The van der Waals surface area contributed by atoms with Crippen LogP contribution in [0, 0.1) is 0 Å². The Morgan fingerprint density at radius 3 is 2.63 bits per heavy atom. The van der Waals surface area contributed by atoms with Crippen LogP contribution in [0.3, 0.4) is 0 Å². The van der Waals surface area contributed by atoms with Gasteiger partial charge >= 0.3 is 5.97 Å². The summed E-state index contributed by atoms with van der Waals surface area (Å²) in [6.07, 6.45) is -1.60. The second-order valence-electron chi connectivity index (χ2n) is 3.68. The molecular weight excluding hydrogens is 272 g/mol. The lowest BCUT2D eigenvalue weighted by Crippen LogP contribution is -2.38. The van der Waals surface area contributed by atoms with Crippen molar-refractivity contribution in [2.75, 3.05) is 13.1 Å². The molecule has 0 radical (unpaired) electrons. The SMILES string of the molecule is O=C(CCNC(=O)c1ccsc1)NCC(O)C(=O)O. The zero-order valence-corrected chi connectivity index (χ0v) is 10.8. The minimum Gasteiger partial charge on any atom is -0.479 e. The molecule has 104 valence electrons. The number of aliphatic hydroxyl groups is 1. The van der Waals surface area contributed by atoms with Gasteiger partial charge in [-0.1, -0.05) is 0 Å². The van der Waals surface area contributed by atoms with Gasteiger partial charge in [0, 0.05) is 23.9 Å². The van der Waals surface area contributed by atoms with Crippen LogP contribution in [0.4, 0.5) is 0 Å². The number of aliphatic hydroxyl groups excluding tert-OH is 1. The summed E-state index contributed by atoms with van der Waals surface area (Å²) in [4.78, 5) is 33.1. The fourth-order valence-corrected chi connectivity index (χ4v) is 1.81. The second-order valence-corrected chi connectivity index (χ2v) is 4.46. The lowest BCUT2D eigenvalue weighted by molar-refractivity contribution is -0.146. The monoisotopic (exact) mass is 286 g/mol. The minimum absolute atomic E-state index is 0.0161. The highest BCUT2D eigenvalue weighted by molar-refractivity contribution is 7.08. The van der Waals surface area contributed by atoms with Crippen LogP contribution in [0.15, 0.2) is 16.8 Å². The standard InChI is InChI=1S/C11H14N2O5S/c14-8(11(17)18)5-13-9(15)1-3-12-10(16)7-2-4-19-6-7/h2,4,6,8,14H,1,3,5H2,(H,12,16)(H,13,15)(H,17,18). The molecule has 0 saturated carbocycles. The number of aliphatic carboxylic acids is 1. The first-order chi connectivity index (χ1) is 9.00. The van der Waals surface area contributed by atoms with Crippen LogP contribution in [-0.4, -0.2) is 47.2 Å². The molecule has 1 aromatic rings. The van der Waals surface area contributed by atoms with Crippen molar-refractivity contribution < 1.29 is 24.6 Å². The zero-order chi connectivity index (χ0) is 14.3. The van der Waals surface area contributed by atoms with Gasteiger partial charge in [-0.3, -0.25) is 9.59 Å². The molecule has 0 aliphatic rings. The van der Waals surface area contributed by atoms with E-state index in [0.29, 0.717) is 5.56 Å². The van der Waals surface area contributed by atoms with Gasteiger partial charge in [-0.05, 0) is 11.4 Å². The highest BCUT2D eigenvalue weighted by Gasteiger charge is 2.14. The first kappa shape index (κ1) is 15.1. The fourth-order valence-electron chi connectivity index (χ4n) is 1.17. The van der Waals surface area contributed by atoms with Crippen molar-refractivity contribution in [3.05, 3.63) is 22.4 Å².